The fourth-order valence-electron chi connectivity index (χ4n) is 3.20. The molecule has 0 radical (unpaired) electrons. The first kappa shape index (κ1) is 23.5. The van der Waals surface area contributed by atoms with Gasteiger partial charge in [-0.05, 0) is 74.8 Å². The van der Waals surface area contributed by atoms with E-state index in [-0.39, 0.29) is 29.8 Å². The van der Waals surface area contributed by atoms with Gasteiger partial charge in [0.1, 0.15) is 5.82 Å². The molecule has 1 saturated heterocycles. The molecule has 0 aliphatic carbocycles. The summed E-state index contributed by atoms with van der Waals surface area (Å²) >= 11 is 1.70. The fourth-order valence-corrected chi connectivity index (χ4v) is 3.78. The second-order valence-electron chi connectivity index (χ2n) is 6.73. The maximum Gasteiger partial charge on any atom is 0.191 e. The Kier molecular flexibility index (Phi) is 11.5. The van der Waals surface area contributed by atoms with E-state index in [1.807, 2.05) is 12.3 Å². The third-order valence-electron chi connectivity index (χ3n) is 4.82. The molecule has 148 valence electrons. The van der Waals surface area contributed by atoms with Crippen molar-refractivity contribution >= 4 is 41.7 Å². The molecule has 1 aromatic carbocycles. The summed E-state index contributed by atoms with van der Waals surface area (Å²) in [5.41, 5.74) is 2.16. The van der Waals surface area contributed by atoms with Crippen molar-refractivity contribution in [3.63, 3.8) is 0 Å². The average molecular weight is 494 g/mol. The van der Waals surface area contributed by atoms with Crippen molar-refractivity contribution in [1.82, 2.24) is 15.5 Å². The lowest BCUT2D eigenvalue weighted by Gasteiger charge is -2.29. The minimum Gasteiger partial charge on any atom is -0.356 e. The molecule has 0 bridgehead atoms. The monoisotopic (exact) mass is 494 g/mol. The number of hydrogen-bond acceptors (Lipinski definition) is 3. The molecule has 2 rings (SSSR count). The Balaban J connectivity index is 0.00000338. The first-order chi connectivity index (χ1) is 12.1. The molecule has 7 heteroatoms. The zero-order chi connectivity index (χ0) is 18.1. The van der Waals surface area contributed by atoms with E-state index in [9.17, 15) is 4.39 Å². The van der Waals surface area contributed by atoms with E-state index < -0.39 is 0 Å². The summed E-state index contributed by atoms with van der Waals surface area (Å²) in [4.78, 5) is 6.70. The molecule has 0 amide bonds. The molecule has 1 heterocycles. The largest absolute Gasteiger partial charge is 0.356 e. The zero-order valence-corrected chi connectivity index (χ0v) is 19.2. The first-order valence-corrected chi connectivity index (χ1v) is 10.4. The van der Waals surface area contributed by atoms with E-state index in [0.29, 0.717) is 6.54 Å². The van der Waals surface area contributed by atoms with Crippen molar-refractivity contribution in [2.24, 2.45) is 10.9 Å². The van der Waals surface area contributed by atoms with Crippen molar-refractivity contribution in [2.75, 3.05) is 40.0 Å². The number of halogens is 2. The lowest BCUT2D eigenvalue weighted by molar-refractivity contribution is 0.213. The molecular weight excluding hydrogens is 462 g/mol. The number of benzene rings is 1. The van der Waals surface area contributed by atoms with Crippen LogP contribution in [0.3, 0.4) is 0 Å². The first-order valence-electron chi connectivity index (χ1n) is 9.01. The number of piperidine rings is 1. The van der Waals surface area contributed by atoms with Crippen LogP contribution in [0.15, 0.2) is 23.2 Å². The Morgan fingerprint density at radius 2 is 2.00 bits per heavy atom. The minimum atomic E-state index is -0.173. The van der Waals surface area contributed by atoms with Crippen molar-refractivity contribution in [2.45, 2.75) is 31.6 Å². The van der Waals surface area contributed by atoms with Crippen LogP contribution in [0.5, 0.6) is 0 Å². The van der Waals surface area contributed by atoms with E-state index in [2.05, 4.69) is 27.6 Å². The quantitative estimate of drug-likeness (QED) is 0.345. The van der Waals surface area contributed by atoms with Crippen LogP contribution in [0.2, 0.25) is 0 Å². The molecule has 0 unspecified atom stereocenters. The summed E-state index contributed by atoms with van der Waals surface area (Å²) in [7, 11) is 3.99. The summed E-state index contributed by atoms with van der Waals surface area (Å²) < 4.78 is 13.4. The molecule has 1 aliphatic heterocycles. The zero-order valence-electron chi connectivity index (χ0n) is 16.1. The standard InChI is InChI=1S/C19H31FN4S.HI/c1-21-19(22-9-6-15-7-10-24(2)11-8-15)23-13-16-4-5-18(20)12-17(16)14-25-3;/h4-5,12,15H,6-11,13-14H2,1-3H3,(H2,21,22,23);1H. The normalized spacial score (nSPS) is 16.2. The van der Waals surface area contributed by atoms with Gasteiger partial charge in [-0.2, -0.15) is 11.8 Å². The lowest BCUT2D eigenvalue weighted by Crippen LogP contribution is -2.38. The molecule has 0 saturated carbocycles. The maximum atomic E-state index is 13.4. The third-order valence-corrected chi connectivity index (χ3v) is 5.42. The number of aliphatic imine (C=N–C) groups is 1. The maximum absolute atomic E-state index is 13.4. The summed E-state index contributed by atoms with van der Waals surface area (Å²) in [5.74, 6) is 2.27. The summed E-state index contributed by atoms with van der Waals surface area (Å²) in [6.45, 7) is 4.01. The highest BCUT2D eigenvalue weighted by Crippen LogP contribution is 2.19. The summed E-state index contributed by atoms with van der Waals surface area (Å²) in [5, 5.41) is 6.75. The van der Waals surface area contributed by atoms with Crippen LogP contribution in [-0.2, 0) is 12.3 Å². The Labute approximate surface area is 178 Å². The Morgan fingerprint density at radius 3 is 2.65 bits per heavy atom. The molecule has 1 aromatic rings. The second kappa shape index (κ2) is 12.8. The molecule has 0 aromatic heterocycles. The number of likely N-dealkylation sites (tertiary alicyclic amines) is 1. The highest BCUT2D eigenvalue weighted by Gasteiger charge is 2.16. The van der Waals surface area contributed by atoms with Gasteiger partial charge in [-0.1, -0.05) is 6.07 Å². The molecule has 0 spiro atoms. The molecule has 26 heavy (non-hydrogen) atoms. The van der Waals surface area contributed by atoms with Gasteiger partial charge < -0.3 is 15.5 Å². The van der Waals surface area contributed by atoms with Crippen molar-refractivity contribution in [3.8, 4) is 0 Å². The van der Waals surface area contributed by atoms with E-state index in [4.69, 9.17) is 0 Å². The van der Waals surface area contributed by atoms with E-state index in [1.54, 1.807) is 24.9 Å². The van der Waals surface area contributed by atoms with Crippen LogP contribution in [0.1, 0.15) is 30.4 Å². The van der Waals surface area contributed by atoms with Gasteiger partial charge in [-0.15, -0.1) is 24.0 Å². The lowest BCUT2D eigenvalue weighted by atomic mass is 9.94. The smallest absolute Gasteiger partial charge is 0.191 e. The number of guanidine groups is 1. The van der Waals surface area contributed by atoms with Crippen molar-refractivity contribution in [1.29, 1.82) is 0 Å². The Hall–Kier alpha value is -0.540. The molecule has 1 aliphatic rings. The van der Waals surface area contributed by atoms with Crippen LogP contribution < -0.4 is 10.6 Å². The van der Waals surface area contributed by atoms with Gasteiger partial charge in [0.2, 0.25) is 0 Å². The Morgan fingerprint density at radius 1 is 1.27 bits per heavy atom. The van der Waals surface area contributed by atoms with Crippen molar-refractivity contribution in [3.05, 3.63) is 35.1 Å². The van der Waals surface area contributed by atoms with Crippen LogP contribution in [-0.4, -0.2) is 50.8 Å². The molecular formula is C19H32FIN4S. The van der Waals surface area contributed by atoms with Gasteiger partial charge in [-0.25, -0.2) is 4.39 Å². The highest BCUT2D eigenvalue weighted by molar-refractivity contribution is 14.0. The van der Waals surface area contributed by atoms with Gasteiger partial charge in [0.15, 0.2) is 5.96 Å². The number of rotatable bonds is 7. The number of nitrogens with one attached hydrogen (secondary N) is 2. The fraction of sp³-hybridized carbons (Fsp3) is 0.632. The number of nitrogens with zero attached hydrogens (tertiary/aromatic N) is 2. The number of thioether (sulfide) groups is 1. The highest BCUT2D eigenvalue weighted by atomic mass is 127. The van der Waals surface area contributed by atoms with E-state index in [1.165, 1.54) is 38.4 Å². The van der Waals surface area contributed by atoms with Gasteiger partial charge in [0, 0.05) is 25.9 Å². The predicted octanol–water partition coefficient (Wildman–Crippen LogP) is 3.70. The van der Waals surface area contributed by atoms with Crippen LogP contribution in [0, 0.1) is 11.7 Å². The van der Waals surface area contributed by atoms with Crippen molar-refractivity contribution < 1.29 is 4.39 Å². The van der Waals surface area contributed by atoms with Gasteiger partial charge in [0.05, 0.1) is 0 Å². The molecule has 1 fully saturated rings. The minimum absolute atomic E-state index is 0. The molecule has 2 N–H and O–H groups in total. The molecule has 4 nitrogen and oxygen atoms in total. The molecule has 0 atom stereocenters. The van der Waals surface area contributed by atoms with E-state index >= 15 is 0 Å². The predicted molar refractivity (Wildman–Crippen MR) is 122 cm³/mol. The average Bonchev–Trinajstić information content (AvgIpc) is 2.61. The van der Waals surface area contributed by atoms with E-state index in [0.717, 1.165) is 35.3 Å². The SMILES string of the molecule is CN=C(NCCC1CCN(C)CC1)NCc1ccc(F)cc1CSC.I. The van der Waals surface area contributed by atoms with Gasteiger partial charge >= 0.3 is 0 Å². The van der Waals surface area contributed by atoms with Crippen LogP contribution in [0.25, 0.3) is 0 Å². The summed E-state index contributed by atoms with van der Waals surface area (Å²) in [6, 6.07) is 5.01. The Bertz CT molecular complexity index is 562. The van der Waals surface area contributed by atoms with Crippen LogP contribution >= 0.6 is 35.7 Å². The number of hydrogen-bond donors (Lipinski definition) is 2. The van der Waals surface area contributed by atoms with Gasteiger partial charge in [0.25, 0.3) is 0 Å². The van der Waals surface area contributed by atoms with Gasteiger partial charge in [-0.3, -0.25) is 4.99 Å². The second-order valence-corrected chi connectivity index (χ2v) is 7.60. The third kappa shape index (κ3) is 8.00. The van der Waals surface area contributed by atoms with Crippen LogP contribution in [0.4, 0.5) is 4.39 Å². The summed E-state index contributed by atoms with van der Waals surface area (Å²) in [6.07, 6.45) is 5.80. The topological polar surface area (TPSA) is 39.7 Å².